The van der Waals surface area contributed by atoms with Gasteiger partial charge in [0, 0.05) is 19.7 Å². The summed E-state index contributed by atoms with van der Waals surface area (Å²) in [6, 6.07) is 3.77. The molecule has 0 saturated heterocycles. The van der Waals surface area contributed by atoms with Crippen LogP contribution in [-0.4, -0.2) is 52.4 Å². The molecule has 2 heterocycles. The lowest BCUT2D eigenvalue weighted by atomic mass is 10.2. The van der Waals surface area contributed by atoms with Crippen molar-refractivity contribution in [3.63, 3.8) is 0 Å². The van der Waals surface area contributed by atoms with E-state index < -0.39 is 0 Å². The van der Waals surface area contributed by atoms with Crippen molar-refractivity contribution in [3.8, 4) is 5.69 Å². The van der Waals surface area contributed by atoms with E-state index in [4.69, 9.17) is 16.3 Å². The number of thioether (sulfide) groups is 1. The SMILES string of the molecule is CSCC(C)CN(CCOC(C)=O)c1cn(-c2cccnc2)nc1Cl. The highest BCUT2D eigenvalue weighted by atomic mass is 35.5. The maximum absolute atomic E-state index is 11.0. The number of hydrogen-bond acceptors (Lipinski definition) is 6. The first-order valence-electron chi connectivity index (χ1n) is 8.04. The van der Waals surface area contributed by atoms with Gasteiger partial charge in [-0.15, -0.1) is 0 Å². The van der Waals surface area contributed by atoms with E-state index in [9.17, 15) is 4.79 Å². The largest absolute Gasteiger partial charge is 0.464 e. The number of esters is 1. The zero-order valence-electron chi connectivity index (χ0n) is 14.7. The Labute approximate surface area is 157 Å². The summed E-state index contributed by atoms with van der Waals surface area (Å²) in [6.07, 6.45) is 7.42. The summed E-state index contributed by atoms with van der Waals surface area (Å²) in [4.78, 5) is 17.3. The number of rotatable bonds is 9. The maximum Gasteiger partial charge on any atom is 0.302 e. The van der Waals surface area contributed by atoms with E-state index in [1.165, 1.54) is 6.92 Å². The lowest BCUT2D eigenvalue weighted by Crippen LogP contribution is -2.33. The molecule has 136 valence electrons. The van der Waals surface area contributed by atoms with Crippen molar-refractivity contribution < 1.29 is 9.53 Å². The van der Waals surface area contributed by atoms with Crippen molar-refractivity contribution >= 4 is 35.0 Å². The third-order valence-electron chi connectivity index (χ3n) is 3.55. The molecule has 2 aromatic rings. The van der Waals surface area contributed by atoms with Gasteiger partial charge in [0.2, 0.25) is 0 Å². The van der Waals surface area contributed by atoms with Crippen molar-refractivity contribution in [3.05, 3.63) is 35.9 Å². The van der Waals surface area contributed by atoms with Crippen LogP contribution < -0.4 is 4.90 Å². The topological polar surface area (TPSA) is 60.2 Å². The molecular formula is C17H23ClN4O2S. The molecule has 8 heteroatoms. The Morgan fingerprint density at radius 3 is 2.96 bits per heavy atom. The fourth-order valence-electron chi connectivity index (χ4n) is 2.50. The number of carbonyl (C=O) groups is 1. The first-order chi connectivity index (χ1) is 12.0. The molecular weight excluding hydrogens is 360 g/mol. The van der Waals surface area contributed by atoms with Gasteiger partial charge in [-0.3, -0.25) is 9.78 Å². The van der Waals surface area contributed by atoms with E-state index in [0.29, 0.717) is 24.2 Å². The first-order valence-corrected chi connectivity index (χ1v) is 9.81. The molecule has 6 nitrogen and oxygen atoms in total. The molecule has 0 N–H and O–H groups in total. The van der Waals surface area contributed by atoms with Gasteiger partial charge in [-0.1, -0.05) is 18.5 Å². The van der Waals surface area contributed by atoms with Gasteiger partial charge in [0.25, 0.3) is 0 Å². The van der Waals surface area contributed by atoms with Gasteiger partial charge < -0.3 is 9.64 Å². The lowest BCUT2D eigenvalue weighted by Gasteiger charge is -2.26. The van der Waals surface area contributed by atoms with Gasteiger partial charge in [0.1, 0.15) is 6.61 Å². The van der Waals surface area contributed by atoms with Crippen molar-refractivity contribution in [2.24, 2.45) is 5.92 Å². The number of nitrogens with zero attached hydrogens (tertiary/aromatic N) is 4. The summed E-state index contributed by atoms with van der Waals surface area (Å²) < 4.78 is 6.81. The average molecular weight is 383 g/mol. The Morgan fingerprint density at radius 1 is 1.52 bits per heavy atom. The number of anilines is 1. The third kappa shape index (κ3) is 5.93. The second kappa shape index (κ2) is 9.68. The molecule has 0 bridgehead atoms. The van der Waals surface area contributed by atoms with Gasteiger partial charge in [-0.05, 0) is 30.1 Å². The van der Waals surface area contributed by atoms with Gasteiger partial charge in [0.05, 0.1) is 30.3 Å². The minimum absolute atomic E-state index is 0.283. The van der Waals surface area contributed by atoms with E-state index in [2.05, 4.69) is 28.2 Å². The van der Waals surface area contributed by atoms with Crippen LogP contribution in [0.25, 0.3) is 5.69 Å². The van der Waals surface area contributed by atoms with Gasteiger partial charge in [-0.25, -0.2) is 4.68 Å². The molecule has 0 saturated carbocycles. The van der Waals surface area contributed by atoms with Gasteiger partial charge >= 0.3 is 5.97 Å². The summed E-state index contributed by atoms with van der Waals surface area (Å²) in [5.74, 6) is 1.22. The fourth-order valence-corrected chi connectivity index (χ4v) is 3.42. The Bertz CT molecular complexity index is 681. The van der Waals surface area contributed by atoms with E-state index in [1.807, 2.05) is 30.1 Å². The summed E-state index contributed by atoms with van der Waals surface area (Å²) in [5, 5.41) is 4.81. The number of aromatic nitrogens is 3. The normalized spacial score (nSPS) is 12.0. The predicted molar refractivity (Wildman–Crippen MR) is 103 cm³/mol. The highest BCUT2D eigenvalue weighted by Gasteiger charge is 2.18. The van der Waals surface area contributed by atoms with Crippen LogP contribution in [0.15, 0.2) is 30.7 Å². The standard InChI is InChI=1S/C17H23ClN4O2S/c1-13(12-25-3)10-21(7-8-24-14(2)23)16-11-22(20-17(16)18)15-5-4-6-19-9-15/h4-6,9,11,13H,7-8,10,12H2,1-3H3. The molecule has 0 fully saturated rings. The van der Waals surface area contributed by atoms with E-state index in [1.54, 1.807) is 17.1 Å². The van der Waals surface area contributed by atoms with Crippen LogP contribution in [0.3, 0.4) is 0 Å². The Morgan fingerprint density at radius 2 is 2.32 bits per heavy atom. The van der Waals surface area contributed by atoms with Crippen molar-refractivity contribution in [2.75, 3.05) is 36.6 Å². The molecule has 0 aliphatic rings. The molecule has 0 radical (unpaired) electrons. The zero-order valence-corrected chi connectivity index (χ0v) is 16.3. The molecule has 2 aromatic heterocycles. The molecule has 1 atom stereocenters. The van der Waals surface area contributed by atoms with Gasteiger partial charge in [-0.2, -0.15) is 16.9 Å². The summed E-state index contributed by atoms with van der Waals surface area (Å²) in [6.45, 7) is 5.29. The fraction of sp³-hybridized carbons (Fsp3) is 0.471. The highest BCUT2D eigenvalue weighted by Crippen LogP contribution is 2.27. The number of ether oxygens (including phenoxy) is 1. The van der Waals surface area contributed by atoms with E-state index in [-0.39, 0.29) is 5.97 Å². The lowest BCUT2D eigenvalue weighted by molar-refractivity contribution is -0.140. The number of hydrogen-bond donors (Lipinski definition) is 0. The number of pyridine rings is 1. The summed E-state index contributed by atoms with van der Waals surface area (Å²) in [5.41, 5.74) is 1.67. The van der Waals surface area contributed by atoms with Crippen LogP contribution in [0.1, 0.15) is 13.8 Å². The predicted octanol–water partition coefficient (Wildman–Crippen LogP) is 3.29. The van der Waals surface area contributed by atoms with Crippen LogP contribution >= 0.6 is 23.4 Å². The molecule has 0 amide bonds. The summed E-state index contributed by atoms with van der Waals surface area (Å²) >= 11 is 8.19. The molecule has 1 unspecified atom stereocenters. The average Bonchev–Trinajstić information content (AvgIpc) is 2.96. The molecule has 25 heavy (non-hydrogen) atoms. The van der Waals surface area contributed by atoms with Crippen molar-refractivity contribution in [2.45, 2.75) is 13.8 Å². The smallest absolute Gasteiger partial charge is 0.302 e. The van der Waals surface area contributed by atoms with Crippen LogP contribution in [0, 0.1) is 5.92 Å². The highest BCUT2D eigenvalue weighted by molar-refractivity contribution is 7.98. The Hall–Kier alpha value is -1.73. The quantitative estimate of drug-likeness (QED) is 0.620. The molecule has 0 spiro atoms. The van der Waals surface area contributed by atoms with E-state index in [0.717, 1.165) is 23.7 Å². The monoisotopic (exact) mass is 382 g/mol. The maximum atomic E-state index is 11.0. The van der Waals surface area contributed by atoms with Crippen LogP contribution in [-0.2, 0) is 9.53 Å². The second-order valence-electron chi connectivity index (χ2n) is 5.81. The molecule has 0 aliphatic carbocycles. The number of halogens is 1. The van der Waals surface area contributed by atoms with E-state index >= 15 is 0 Å². The van der Waals surface area contributed by atoms with Crippen LogP contribution in [0.4, 0.5) is 5.69 Å². The van der Waals surface area contributed by atoms with Gasteiger partial charge in [0.15, 0.2) is 5.15 Å². The third-order valence-corrected chi connectivity index (χ3v) is 4.72. The number of carbonyl (C=O) groups excluding carboxylic acids is 1. The second-order valence-corrected chi connectivity index (χ2v) is 7.08. The molecule has 2 rings (SSSR count). The molecule has 0 aromatic carbocycles. The Kier molecular flexibility index (Phi) is 7.58. The zero-order chi connectivity index (χ0) is 18.2. The molecule has 0 aliphatic heterocycles. The minimum atomic E-state index is -0.283. The Balaban J connectivity index is 2.20. The van der Waals surface area contributed by atoms with Crippen LogP contribution in [0.5, 0.6) is 0 Å². The van der Waals surface area contributed by atoms with Crippen LogP contribution in [0.2, 0.25) is 5.15 Å². The first kappa shape index (κ1) is 19.6. The summed E-state index contributed by atoms with van der Waals surface area (Å²) in [7, 11) is 0. The van der Waals surface area contributed by atoms with Crippen molar-refractivity contribution in [1.29, 1.82) is 0 Å². The minimum Gasteiger partial charge on any atom is -0.464 e. The van der Waals surface area contributed by atoms with Crippen molar-refractivity contribution in [1.82, 2.24) is 14.8 Å².